The Kier molecular flexibility index (Phi) is 4.90. The van der Waals surface area contributed by atoms with Crippen molar-refractivity contribution in [1.82, 2.24) is 10.2 Å². The van der Waals surface area contributed by atoms with Crippen LogP contribution in [0.25, 0.3) is 0 Å². The van der Waals surface area contributed by atoms with Gasteiger partial charge in [-0.15, -0.1) is 16.4 Å². The summed E-state index contributed by atoms with van der Waals surface area (Å²) in [7, 11) is 1.62. The van der Waals surface area contributed by atoms with Gasteiger partial charge in [0, 0.05) is 4.88 Å². The van der Waals surface area contributed by atoms with E-state index in [1.54, 1.807) is 18.4 Å². The second-order valence-corrected chi connectivity index (χ2v) is 6.32. The second-order valence-electron chi connectivity index (χ2n) is 5.29. The molecule has 0 atom stereocenters. The SMILES string of the molecule is COc1ccc(CC(=O)Nc2nnc(Cc3cccs3)o2)cc1C. The van der Waals surface area contributed by atoms with Gasteiger partial charge in [-0.1, -0.05) is 23.3 Å². The minimum atomic E-state index is -0.203. The van der Waals surface area contributed by atoms with Crippen LogP contribution < -0.4 is 10.1 Å². The molecule has 0 aliphatic rings. The summed E-state index contributed by atoms with van der Waals surface area (Å²) in [5.74, 6) is 1.08. The Balaban J connectivity index is 1.59. The summed E-state index contributed by atoms with van der Waals surface area (Å²) in [6, 6.07) is 9.73. The molecule has 1 amide bonds. The van der Waals surface area contributed by atoms with Crippen LogP contribution in [0.15, 0.2) is 40.1 Å². The van der Waals surface area contributed by atoms with Crippen LogP contribution in [-0.4, -0.2) is 23.2 Å². The lowest BCUT2D eigenvalue weighted by atomic mass is 10.1. The Bertz CT molecular complexity index is 827. The average Bonchev–Trinajstić information content (AvgIpc) is 3.20. The molecule has 3 rings (SSSR count). The molecule has 0 aliphatic carbocycles. The van der Waals surface area contributed by atoms with Crippen molar-refractivity contribution in [3.05, 3.63) is 57.6 Å². The molecular formula is C17H17N3O3S. The molecule has 6 nitrogen and oxygen atoms in total. The van der Waals surface area contributed by atoms with Crippen molar-refractivity contribution < 1.29 is 13.9 Å². The third-order valence-electron chi connectivity index (χ3n) is 3.44. The smallest absolute Gasteiger partial charge is 0.322 e. The highest BCUT2D eigenvalue weighted by Gasteiger charge is 2.12. The summed E-state index contributed by atoms with van der Waals surface area (Å²) < 4.78 is 10.7. The molecule has 0 aliphatic heterocycles. The number of aromatic nitrogens is 2. The number of amides is 1. The number of thiophene rings is 1. The number of nitrogens with zero attached hydrogens (tertiary/aromatic N) is 2. The molecule has 24 heavy (non-hydrogen) atoms. The maximum absolute atomic E-state index is 12.1. The molecule has 2 aromatic heterocycles. The van der Waals surface area contributed by atoms with Crippen LogP contribution in [0.2, 0.25) is 0 Å². The third-order valence-corrected chi connectivity index (χ3v) is 4.32. The lowest BCUT2D eigenvalue weighted by Gasteiger charge is -2.07. The van der Waals surface area contributed by atoms with Crippen molar-refractivity contribution in [1.29, 1.82) is 0 Å². The fourth-order valence-corrected chi connectivity index (χ4v) is 3.03. The molecule has 0 saturated carbocycles. The van der Waals surface area contributed by atoms with Crippen molar-refractivity contribution in [3.8, 4) is 5.75 Å². The Morgan fingerprint density at radius 2 is 2.21 bits per heavy atom. The van der Waals surface area contributed by atoms with E-state index in [9.17, 15) is 4.79 Å². The largest absolute Gasteiger partial charge is 0.496 e. The molecule has 0 spiro atoms. The summed E-state index contributed by atoms with van der Waals surface area (Å²) >= 11 is 1.62. The highest BCUT2D eigenvalue weighted by molar-refractivity contribution is 7.09. The van der Waals surface area contributed by atoms with Gasteiger partial charge in [0.1, 0.15) is 5.75 Å². The fraction of sp³-hybridized carbons (Fsp3) is 0.235. The minimum Gasteiger partial charge on any atom is -0.496 e. The zero-order valence-corrected chi connectivity index (χ0v) is 14.2. The number of hydrogen-bond donors (Lipinski definition) is 1. The van der Waals surface area contributed by atoms with Gasteiger partial charge in [0.15, 0.2) is 0 Å². The highest BCUT2D eigenvalue weighted by Crippen LogP contribution is 2.19. The Hall–Kier alpha value is -2.67. The zero-order chi connectivity index (χ0) is 16.9. The van der Waals surface area contributed by atoms with Gasteiger partial charge >= 0.3 is 6.01 Å². The predicted molar refractivity (Wildman–Crippen MR) is 91.5 cm³/mol. The van der Waals surface area contributed by atoms with E-state index in [1.165, 1.54) is 0 Å². The first-order chi connectivity index (χ1) is 11.6. The summed E-state index contributed by atoms with van der Waals surface area (Å²) in [6.07, 6.45) is 0.797. The molecule has 2 heterocycles. The number of carbonyl (C=O) groups is 1. The lowest BCUT2D eigenvalue weighted by molar-refractivity contribution is -0.115. The van der Waals surface area contributed by atoms with E-state index in [2.05, 4.69) is 15.5 Å². The zero-order valence-electron chi connectivity index (χ0n) is 13.4. The number of nitrogens with one attached hydrogen (secondary N) is 1. The molecule has 1 N–H and O–H groups in total. The normalized spacial score (nSPS) is 10.6. The van der Waals surface area contributed by atoms with Gasteiger partial charge < -0.3 is 9.15 Å². The number of anilines is 1. The molecule has 7 heteroatoms. The maximum Gasteiger partial charge on any atom is 0.322 e. The summed E-state index contributed by atoms with van der Waals surface area (Å²) in [6.45, 7) is 1.94. The first-order valence-electron chi connectivity index (χ1n) is 7.42. The molecule has 0 bridgehead atoms. The lowest BCUT2D eigenvalue weighted by Crippen LogP contribution is -2.14. The predicted octanol–water partition coefficient (Wildman–Crippen LogP) is 3.22. The van der Waals surface area contributed by atoms with Crippen molar-refractivity contribution in [2.75, 3.05) is 12.4 Å². The van der Waals surface area contributed by atoms with Crippen LogP contribution in [0, 0.1) is 6.92 Å². The standard InChI is InChI=1S/C17H17N3O3S/c1-11-8-12(5-6-14(11)22-2)9-15(21)18-17-20-19-16(23-17)10-13-4-3-7-24-13/h3-8H,9-10H2,1-2H3,(H,18,20,21). The second kappa shape index (κ2) is 7.27. The first kappa shape index (κ1) is 16.2. The van der Waals surface area contributed by atoms with Gasteiger partial charge in [-0.25, -0.2) is 0 Å². The van der Waals surface area contributed by atoms with Gasteiger partial charge in [-0.2, -0.15) is 0 Å². The van der Waals surface area contributed by atoms with E-state index in [1.807, 2.05) is 42.6 Å². The third kappa shape index (κ3) is 3.99. The summed E-state index contributed by atoms with van der Waals surface area (Å²) in [5.41, 5.74) is 1.88. The highest BCUT2D eigenvalue weighted by atomic mass is 32.1. The van der Waals surface area contributed by atoms with Crippen LogP contribution >= 0.6 is 11.3 Å². The van der Waals surface area contributed by atoms with E-state index >= 15 is 0 Å². The molecular weight excluding hydrogens is 326 g/mol. The van der Waals surface area contributed by atoms with E-state index in [-0.39, 0.29) is 18.3 Å². The quantitative estimate of drug-likeness (QED) is 0.743. The number of benzene rings is 1. The van der Waals surface area contributed by atoms with Gasteiger partial charge in [0.25, 0.3) is 0 Å². The van der Waals surface area contributed by atoms with Crippen molar-refractivity contribution in [2.24, 2.45) is 0 Å². The van der Waals surface area contributed by atoms with Crippen molar-refractivity contribution >= 4 is 23.3 Å². The van der Waals surface area contributed by atoms with Crippen LogP contribution in [-0.2, 0) is 17.6 Å². The molecule has 1 aromatic carbocycles. The Morgan fingerprint density at radius 3 is 2.92 bits per heavy atom. The number of ether oxygens (including phenoxy) is 1. The molecule has 0 radical (unpaired) electrons. The molecule has 0 fully saturated rings. The molecule has 0 saturated heterocycles. The van der Waals surface area contributed by atoms with Crippen molar-refractivity contribution in [2.45, 2.75) is 19.8 Å². The topological polar surface area (TPSA) is 77.2 Å². The summed E-state index contributed by atoms with van der Waals surface area (Å²) in [5, 5.41) is 12.4. The van der Waals surface area contributed by atoms with E-state index in [4.69, 9.17) is 9.15 Å². The minimum absolute atomic E-state index is 0.122. The fourth-order valence-electron chi connectivity index (χ4n) is 2.34. The van der Waals surface area contributed by atoms with E-state index < -0.39 is 0 Å². The number of aryl methyl sites for hydroxylation is 1. The monoisotopic (exact) mass is 343 g/mol. The molecule has 3 aromatic rings. The number of hydrogen-bond acceptors (Lipinski definition) is 6. The molecule has 0 unspecified atom stereocenters. The van der Waals surface area contributed by atoms with Gasteiger partial charge in [0.2, 0.25) is 11.8 Å². The number of rotatable bonds is 6. The van der Waals surface area contributed by atoms with Gasteiger partial charge in [-0.05, 0) is 35.6 Å². The molecule has 124 valence electrons. The van der Waals surface area contributed by atoms with Gasteiger partial charge in [0.05, 0.1) is 20.0 Å². The van der Waals surface area contributed by atoms with Crippen LogP contribution in [0.5, 0.6) is 5.75 Å². The average molecular weight is 343 g/mol. The van der Waals surface area contributed by atoms with Crippen LogP contribution in [0.1, 0.15) is 21.9 Å². The Labute approximate surface area is 143 Å². The first-order valence-corrected chi connectivity index (χ1v) is 8.30. The number of carbonyl (C=O) groups excluding carboxylic acids is 1. The maximum atomic E-state index is 12.1. The van der Waals surface area contributed by atoms with Crippen LogP contribution in [0.4, 0.5) is 6.01 Å². The Morgan fingerprint density at radius 1 is 1.33 bits per heavy atom. The van der Waals surface area contributed by atoms with E-state index in [0.29, 0.717) is 12.3 Å². The van der Waals surface area contributed by atoms with Crippen molar-refractivity contribution in [3.63, 3.8) is 0 Å². The van der Waals surface area contributed by atoms with Gasteiger partial charge in [-0.3, -0.25) is 10.1 Å². The summed E-state index contributed by atoms with van der Waals surface area (Å²) in [4.78, 5) is 13.2. The van der Waals surface area contributed by atoms with E-state index in [0.717, 1.165) is 21.8 Å². The number of methoxy groups -OCH3 is 1. The van der Waals surface area contributed by atoms with Crippen LogP contribution in [0.3, 0.4) is 0 Å².